The van der Waals surface area contributed by atoms with Crippen LogP contribution in [0.1, 0.15) is 25.0 Å². The van der Waals surface area contributed by atoms with Gasteiger partial charge in [-0.25, -0.2) is 4.98 Å². The maximum atomic E-state index is 9.21. The summed E-state index contributed by atoms with van der Waals surface area (Å²) in [5.41, 5.74) is 3.11. The van der Waals surface area contributed by atoms with Gasteiger partial charge < -0.3 is 9.84 Å². The molecule has 1 aromatic heterocycles. The predicted octanol–water partition coefficient (Wildman–Crippen LogP) is 1.44. The predicted molar refractivity (Wildman–Crippen MR) is 88.0 cm³/mol. The van der Waals surface area contributed by atoms with Crippen molar-refractivity contribution < 1.29 is 9.84 Å². The molecule has 0 bridgehead atoms. The van der Waals surface area contributed by atoms with Gasteiger partial charge in [0.05, 0.1) is 24.4 Å². The summed E-state index contributed by atoms with van der Waals surface area (Å²) in [6.07, 6.45) is 3.25. The normalized spacial score (nSPS) is 28.0. The van der Waals surface area contributed by atoms with Gasteiger partial charge in [-0.3, -0.25) is 9.80 Å². The molecule has 0 saturated carbocycles. The first-order chi connectivity index (χ1) is 10.9. The number of nitrogens with zero attached hydrogens (tertiary/aromatic N) is 3. The van der Waals surface area contributed by atoms with Crippen molar-refractivity contribution in [3.05, 3.63) is 16.6 Å². The van der Waals surface area contributed by atoms with Crippen LogP contribution < -0.4 is 0 Å². The fourth-order valence-corrected chi connectivity index (χ4v) is 4.36. The highest BCUT2D eigenvalue weighted by Crippen LogP contribution is 2.27. The molecule has 0 aromatic carbocycles. The topological polar surface area (TPSA) is 48.8 Å². The Bertz CT molecular complexity index is 423. The number of aliphatic hydroxyl groups is 1. The number of hydrogen-bond donors (Lipinski definition) is 1. The van der Waals surface area contributed by atoms with Gasteiger partial charge in [-0.05, 0) is 25.2 Å². The monoisotopic (exact) mass is 325 g/mol. The summed E-state index contributed by atoms with van der Waals surface area (Å²) in [5, 5.41) is 11.4. The van der Waals surface area contributed by atoms with Gasteiger partial charge in [-0.15, -0.1) is 11.3 Å². The van der Waals surface area contributed by atoms with E-state index in [2.05, 4.69) is 20.2 Å². The van der Waals surface area contributed by atoms with Crippen molar-refractivity contribution in [3.63, 3.8) is 0 Å². The standard InChI is InChI=1S/C16H27N3O2S/c20-7-1-2-14-10-18(11-15-12-22-13-17-15)4-3-16(14)19-5-8-21-9-6-19/h12-14,16,20H,1-11H2/t14-,16+/m1/s1. The molecule has 0 unspecified atom stereocenters. The molecule has 3 heterocycles. The molecule has 2 atom stereocenters. The lowest BCUT2D eigenvalue weighted by atomic mass is 9.86. The number of likely N-dealkylation sites (tertiary alicyclic amines) is 1. The molecule has 3 rings (SSSR count). The average Bonchev–Trinajstić information content (AvgIpc) is 3.07. The number of piperidine rings is 1. The van der Waals surface area contributed by atoms with E-state index in [9.17, 15) is 5.11 Å². The van der Waals surface area contributed by atoms with Crippen LogP contribution >= 0.6 is 11.3 Å². The molecule has 0 amide bonds. The van der Waals surface area contributed by atoms with Crippen LogP contribution in [0.2, 0.25) is 0 Å². The van der Waals surface area contributed by atoms with Crippen LogP contribution in [0.15, 0.2) is 10.9 Å². The van der Waals surface area contributed by atoms with Gasteiger partial charge in [0.25, 0.3) is 0 Å². The van der Waals surface area contributed by atoms with Gasteiger partial charge >= 0.3 is 0 Å². The first kappa shape index (κ1) is 16.3. The summed E-state index contributed by atoms with van der Waals surface area (Å²) in [6.45, 7) is 7.40. The van der Waals surface area contributed by atoms with Crippen LogP contribution in [0, 0.1) is 5.92 Å². The molecule has 2 aliphatic heterocycles. The van der Waals surface area contributed by atoms with Crippen molar-refractivity contribution in [2.24, 2.45) is 5.92 Å². The van der Waals surface area contributed by atoms with E-state index in [4.69, 9.17) is 4.74 Å². The number of hydrogen-bond acceptors (Lipinski definition) is 6. The fourth-order valence-electron chi connectivity index (χ4n) is 3.81. The smallest absolute Gasteiger partial charge is 0.0795 e. The van der Waals surface area contributed by atoms with Gasteiger partial charge in [0.1, 0.15) is 0 Å². The van der Waals surface area contributed by atoms with E-state index in [1.165, 1.54) is 12.1 Å². The van der Waals surface area contributed by atoms with Crippen LogP contribution in [0.25, 0.3) is 0 Å². The maximum absolute atomic E-state index is 9.21. The Balaban J connectivity index is 1.59. The molecular formula is C16H27N3O2S. The lowest BCUT2D eigenvalue weighted by Gasteiger charge is -2.45. The summed E-state index contributed by atoms with van der Waals surface area (Å²) in [7, 11) is 0. The Morgan fingerprint density at radius 3 is 2.91 bits per heavy atom. The molecule has 2 aliphatic rings. The molecule has 2 saturated heterocycles. The van der Waals surface area contributed by atoms with E-state index in [1.807, 2.05) is 5.51 Å². The Hall–Kier alpha value is -0.530. The van der Waals surface area contributed by atoms with E-state index < -0.39 is 0 Å². The number of morpholine rings is 1. The minimum atomic E-state index is 0.304. The minimum Gasteiger partial charge on any atom is -0.396 e. The molecular weight excluding hydrogens is 298 g/mol. The van der Waals surface area contributed by atoms with Gasteiger partial charge in [0.15, 0.2) is 0 Å². The minimum absolute atomic E-state index is 0.304. The highest BCUT2D eigenvalue weighted by molar-refractivity contribution is 7.07. The van der Waals surface area contributed by atoms with Crippen molar-refractivity contribution in [2.75, 3.05) is 46.0 Å². The van der Waals surface area contributed by atoms with Crippen molar-refractivity contribution in [2.45, 2.75) is 31.8 Å². The van der Waals surface area contributed by atoms with Crippen LogP contribution in [-0.4, -0.2) is 71.9 Å². The second-order valence-electron chi connectivity index (χ2n) is 6.35. The van der Waals surface area contributed by atoms with E-state index in [-0.39, 0.29) is 0 Å². The molecule has 1 N–H and O–H groups in total. The lowest BCUT2D eigenvalue weighted by molar-refractivity contribution is -0.0232. The largest absolute Gasteiger partial charge is 0.396 e. The molecule has 22 heavy (non-hydrogen) atoms. The zero-order valence-corrected chi connectivity index (χ0v) is 14.0. The highest BCUT2D eigenvalue weighted by atomic mass is 32.1. The Kier molecular flexibility index (Phi) is 6.20. The first-order valence-corrected chi connectivity index (χ1v) is 9.33. The second kappa shape index (κ2) is 8.36. The zero-order chi connectivity index (χ0) is 15.2. The van der Waals surface area contributed by atoms with Gasteiger partial charge in [0, 0.05) is 50.8 Å². The first-order valence-electron chi connectivity index (χ1n) is 8.39. The van der Waals surface area contributed by atoms with Crippen molar-refractivity contribution in [1.82, 2.24) is 14.8 Å². The fraction of sp³-hybridized carbons (Fsp3) is 0.812. The van der Waals surface area contributed by atoms with Crippen molar-refractivity contribution in [3.8, 4) is 0 Å². The number of rotatable bonds is 6. The van der Waals surface area contributed by atoms with Gasteiger partial charge in [-0.2, -0.15) is 0 Å². The summed E-state index contributed by atoms with van der Waals surface area (Å²) in [6, 6.07) is 0.655. The van der Waals surface area contributed by atoms with Crippen molar-refractivity contribution >= 4 is 11.3 Å². The number of thiazole rings is 1. The number of aliphatic hydroxyl groups excluding tert-OH is 1. The summed E-state index contributed by atoms with van der Waals surface area (Å²) < 4.78 is 5.50. The molecule has 1 aromatic rings. The molecule has 0 aliphatic carbocycles. The van der Waals surface area contributed by atoms with Crippen molar-refractivity contribution in [1.29, 1.82) is 0 Å². The van der Waals surface area contributed by atoms with E-state index in [0.717, 1.165) is 58.8 Å². The third-order valence-corrected chi connectivity index (χ3v) is 5.53. The molecule has 0 radical (unpaired) electrons. The quantitative estimate of drug-likeness (QED) is 0.858. The second-order valence-corrected chi connectivity index (χ2v) is 7.06. The van der Waals surface area contributed by atoms with Crippen LogP contribution in [0.5, 0.6) is 0 Å². The Morgan fingerprint density at radius 2 is 2.18 bits per heavy atom. The third kappa shape index (κ3) is 4.26. The zero-order valence-electron chi connectivity index (χ0n) is 13.2. The van der Waals surface area contributed by atoms with Gasteiger partial charge in [0.2, 0.25) is 0 Å². The number of aromatic nitrogens is 1. The Labute approximate surface area is 136 Å². The van der Waals surface area contributed by atoms with E-state index in [0.29, 0.717) is 18.6 Å². The molecule has 6 heteroatoms. The Morgan fingerprint density at radius 1 is 1.32 bits per heavy atom. The van der Waals surface area contributed by atoms with Gasteiger partial charge in [-0.1, -0.05) is 0 Å². The molecule has 5 nitrogen and oxygen atoms in total. The summed E-state index contributed by atoms with van der Waals surface area (Å²) in [4.78, 5) is 9.57. The van der Waals surface area contributed by atoms with Crippen LogP contribution in [0.3, 0.4) is 0 Å². The maximum Gasteiger partial charge on any atom is 0.0795 e. The summed E-state index contributed by atoms with van der Waals surface area (Å²) in [5.74, 6) is 0.651. The average molecular weight is 325 g/mol. The lowest BCUT2D eigenvalue weighted by Crippen LogP contribution is -2.53. The third-order valence-electron chi connectivity index (χ3n) is 4.89. The SMILES string of the molecule is OCCC[C@@H]1CN(Cc2cscn2)CC[C@@H]1N1CCOCC1. The number of ether oxygens (including phenoxy) is 1. The summed E-state index contributed by atoms with van der Waals surface area (Å²) >= 11 is 1.67. The molecule has 0 spiro atoms. The molecule has 2 fully saturated rings. The van der Waals surface area contributed by atoms with Crippen LogP contribution in [0.4, 0.5) is 0 Å². The highest BCUT2D eigenvalue weighted by Gasteiger charge is 2.33. The molecule has 124 valence electrons. The van der Waals surface area contributed by atoms with E-state index in [1.54, 1.807) is 11.3 Å². The van der Waals surface area contributed by atoms with E-state index >= 15 is 0 Å². The van der Waals surface area contributed by atoms with Crippen LogP contribution in [-0.2, 0) is 11.3 Å².